The summed E-state index contributed by atoms with van der Waals surface area (Å²) in [6.07, 6.45) is 0.570. The van der Waals surface area contributed by atoms with Crippen molar-refractivity contribution in [2.24, 2.45) is 0 Å². The summed E-state index contributed by atoms with van der Waals surface area (Å²) in [7, 11) is 0. The molecule has 3 aromatic rings. The number of hydrogen-bond donors (Lipinski definition) is 1. The van der Waals surface area contributed by atoms with Crippen molar-refractivity contribution in [3.63, 3.8) is 0 Å². The number of nitrogens with one attached hydrogen (secondary N) is 1. The molecule has 3 aromatic carbocycles. The van der Waals surface area contributed by atoms with Gasteiger partial charge in [0.15, 0.2) is 0 Å². The Balaban J connectivity index is 1.13. The van der Waals surface area contributed by atoms with Gasteiger partial charge in [-0.15, -0.1) is 0 Å². The number of amides is 3. The number of piperazine rings is 1. The first-order chi connectivity index (χ1) is 19.4. The summed E-state index contributed by atoms with van der Waals surface area (Å²) in [5.74, 6) is -1.53. The Labute approximate surface area is 231 Å². The monoisotopic (exact) mass is 544 g/mol. The summed E-state index contributed by atoms with van der Waals surface area (Å²) in [6, 6.07) is 18.0. The summed E-state index contributed by atoms with van der Waals surface area (Å²) in [6.45, 7) is 3.97. The first kappa shape index (κ1) is 26.3. The van der Waals surface area contributed by atoms with Crippen LogP contribution < -0.4 is 5.32 Å². The Morgan fingerprint density at radius 3 is 2.15 bits per heavy atom. The third kappa shape index (κ3) is 5.26. The van der Waals surface area contributed by atoms with Crippen LogP contribution in [0.3, 0.4) is 0 Å². The average molecular weight is 545 g/mol. The van der Waals surface area contributed by atoms with Crippen LogP contribution in [0.5, 0.6) is 0 Å². The number of nitrogens with zero attached hydrogens (tertiary/aromatic N) is 3. The number of imide groups is 1. The maximum atomic E-state index is 14.1. The lowest BCUT2D eigenvalue weighted by atomic mass is 9.96. The van der Waals surface area contributed by atoms with E-state index in [0.29, 0.717) is 38.2 Å². The van der Waals surface area contributed by atoms with Crippen molar-refractivity contribution >= 4 is 17.7 Å². The SMILES string of the molecule is O=C1CCC(N2Cc3ccc(CN4CCN(C(c5cccc(F)c5)c5cccc(F)c5)CC4)cc3C2=O)C(=O)N1. The molecule has 1 N–H and O–H groups in total. The van der Waals surface area contributed by atoms with Gasteiger partial charge in [0.25, 0.3) is 5.91 Å². The Kier molecular flexibility index (Phi) is 7.16. The highest BCUT2D eigenvalue weighted by molar-refractivity contribution is 6.05. The van der Waals surface area contributed by atoms with Gasteiger partial charge in [-0.2, -0.15) is 0 Å². The van der Waals surface area contributed by atoms with Gasteiger partial charge < -0.3 is 4.90 Å². The van der Waals surface area contributed by atoms with Gasteiger partial charge in [0, 0.05) is 51.3 Å². The first-order valence-electron chi connectivity index (χ1n) is 13.6. The van der Waals surface area contributed by atoms with Crippen molar-refractivity contribution in [1.82, 2.24) is 20.0 Å². The minimum atomic E-state index is -0.627. The zero-order valence-corrected chi connectivity index (χ0v) is 22.0. The molecule has 40 heavy (non-hydrogen) atoms. The molecule has 1 atom stereocenters. The quantitative estimate of drug-likeness (QED) is 0.480. The Morgan fingerprint density at radius 1 is 0.850 bits per heavy atom. The molecule has 0 radical (unpaired) electrons. The molecule has 2 saturated heterocycles. The number of halogens is 2. The van der Waals surface area contributed by atoms with Gasteiger partial charge in [-0.3, -0.25) is 29.5 Å². The second kappa shape index (κ2) is 10.9. The van der Waals surface area contributed by atoms with Crippen LogP contribution >= 0.6 is 0 Å². The maximum Gasteiger partial charge on any atom is 0.255 e. The lowest BCUT2D eigenvalue weighted by Crippen LogP contribution is -2.52. The standard InChI is InChI=1S/C31H30F2N4O3/c32-24-5-1-3-21(16-24)29(22-4-2-6-25(33)17-22)36-13-11-35(12-14-36)18-20-7-8-23-19-37(31(40)26(23)15-20)27-9-10-28(38)34-30(27)39/h1-8,15-17,27,29H,9-14,18-19H2,(H,34,38,39). The van der Waals surface area contributed by atoms with Crippen LogP contribution in [-0.2, 0) is 22.7 Å². The summed E-state index contributed by atoms with van der Waals surface area (Å²) in [5.41, 5.74) is 4.08. The molecule has 3 aliphatic rings. The minimum absolute atomic E-state index is 0.177. The molecule has 3 aliphatic heterocycles. The fraction of sp³-hybridized carbons (Fsp3) is 0.323. The molecular formula is C31H30F2N4O3. The fourth-order valence-electron chi connectivity index (χ4n) is 6.11. The molecule has 9 heteroatoms. The molecular weight excluding hydrogens is 514 g/mol. The van der Waals surface area contributed by atoms with Gasteiger partial charge >= 0.3 is 0 Å². The molecule has 6 rings (SSSR count). The van der Waals surface area contributed by atoms with E-state index < -0.39 is 11.9 Å². The third-order valence-electron chi connectivity index (χ3n) is 8.10. The van der Waals surface area contributed by atoms with Crippen LogP contribution in [-0.4, -0.2) is 64.6 Å². The molecule has 7 nitrogen and oxygen atoms in total. The fourth-order valence-corrected chi connectivity index (χ4v) is 6.11. The summed E-state index contributed by atoms with van der Waals surface area (Å²) < 4.78 is 28.2. The van der Waals surface area contributed by atoms with Crippen LogP contribution in [0.25, 0.3) is 0 Å². The van der Waals surface area contributed by atoms with E-state index >= 15 is 0 Å². The van der Waals surface area contributed by atoms with Crippen LogP contribution in [0, 0.1) is 11.6 Å². The number of fused-ring (bicyclic) bond motifs is 1. The summed E-state index contributed by atoms with van der Waals surface area (Å²) >= 11 is 0. The number of carbonyl (C=O) groups is 3. The van der Waals surface area contributed by atoms with E-state index in [2.05, 4.69) is 15.1 Å². The van der Waals surface area contributed by atoms with Crippen molar-refractivity contribution in [3.05, 3.63) is 106 Å². The lowest BCUT2D eigenvalue weighted by Gasteiger charge is -2.40. The van der Waals surface area contributed by atoms with Crippen LogP contribution in [0.2, 0.25) is 0 Å². The Bertz CT molecular complexity index is 1420. The van der Waals surface area contributed by atoms with Crippen LogP contribution in [0.4, 0.5) is 8.78 Å². The van der Waals surface area contributed by atoms with Gasteiger partial charge in [-0.05, 0) is 59.0 Å². The van der Waals surface area contributed by atoms with Crippen molar-refractivity contribution in [3.8, 4) is 0 Å². The van der Waals surface area contributed by atoms with E-state index in [9.17, 15) is 23.2 Å². The van der Waals surface area contributed by atoms with Gasteiger partial charge in [-0.25, -0.2) is 8.78 Å². The number of carbonyl (C=O) groups excluding carboxylic acids is 3. The van der Waals surface area contributed by atoms with Crippen LogP contribution in [0.15, 0.2) is 66.7 Å². The van der Waals surface area contributed by atoms with Crippen molar-refractivity contribution < 1.29 is 23.2 Å². The smallest absolute Gasteiger partial charge is 0.255 e. The largest absolute Gasteiger partial charge is 0.322 e. The topological polar surface area (TPSA) is 73.0 Å². The van der Waals surface area contributed by atoms with Gasteiger partial charge in [-0.1, -0.05) is 36.4 Å². The molecule has 206 valence electrons. The number of rotatable bonds is 6. The predicted molar refractivity (Wildman–Crippen MR) is 144 cm³/mol. The highest BCUT2D eigenvalue weighted by atomic mass is 19.1. The van der Waals surface area contributed by atoms with E-state index in [1.807, 2.05) is 30.3 Å². The predicted octanol–water partition coefficient (Wildman–Crippen LogP) is 3.63. The summed E-state index contributed by atoms with van der Waals surface area (Å²) in [4.78, 5) is 43.2. The van der Waals surface area contributed by atoms with E-state index in [1.165, 1.54) is 24.3 Å². The molecule has 0 aromatic heterocycles. The van der Waals surface area contributed by atoms with Gasteiger partial charge in [0.1, 0.15) is 17.7 Å². The van der Waals surface area contributed by atoms with E-state index in [4.69, 9.17) is 0 Å². The molecule has 2 fully saturated rings. The van der Waals surface area contributed by atoms with Crippen LogP contribution in [0.1, 0.15) is 51.5 Å². The molecule has 3 heterocycles. The second-order valence-electron chi connectivity index (χ2n) is 10.7. The zero-order valence-electron chi connectivity index (χ0n) is 22.0. The van der Waals surface area contributed by atoms with Gasteiger partial charge in [0.2, 0.25) is 11.8 Å². The van der Waals surface area contributed by atoms with Gasteiger partial charge in [0.05, 0.1) is 6.04 Å². The maximum absolute atomic E-state index is 14.1. The van der Waals surface area contributed by atoms with E-state index in [-0.39, 0.29) is 35.9 Å². The lowest BCUT2D eigenvalue weighted by molar-refractivity contribution is -0.136. The number of hydrogen-bond acceptors (Lipinski definition) is 5. The average Bonchev–Trinajstić information content (AvgIpc) is 3.25. The van der Waals surface area contributed by atoms with E-state index in [1.54, 1.807) is 17.0 Å². The highest BCUT2D eigenvalue weighted by Gasteiger charge is 2.39. The van der Waals surface area contributed by atoms with Crippen molar-refractivity contribution in [2.75, 3.05) is 26.2 Å². The third-order valence-corrected chi connectivity index (χ3v) is 8.10. The number of piperidine rings is 1. The molecule has 3 amide bonds. The minimum Gasteiger partial charge on any atom is -0.322 e. The van der Waals surface area contributed by atoms with Crippen molar-refractivity contribution in [2.45, 2.75) is 38.0 Å². The summed E-state index contributed by atoms with van der Waals surface area (Å²) in [5, 5.41) is 2.34. The second-order valence-corrected chi connectivity index (χ2v) is 10.7. The van der Waals surface area contributed by atoms with E-state index in [0.717, 1.165) is 35.3 Å². The molecule has 0 bridgehead atoms. The highest BCUT2D eigenvalue weighted by Crippen LogP contribution is 2.32. The molecule has 0 saturated carbocycles. The first-order valence-corrected chi connectivity index (χ1v) is 13.6. The molecule has 0 aliphatic carbocycles. The number of benzene rings is 3. The molecule has 0 spiro atoms. The molecule has 1 unspecified atom stereocenters. The normalized spacial score (nSPS) is 20.2. The zero-order chi connectivity index (χ0) is 27.8. The Morgan fingerprint density at radius 2 is 1.52 bits per heavy atom. The van der Waals surface area contributed by atoms with Crippen molar-refractivity contribution in [1.29, 1.82) is 0 Å². The Hall–Kier alpha value is -3.95.